The Morgan fingerprint density at radius 3 is 3.00 bits per heavy atom. The van der Waals surface area contributed by atoms with Gasteiger partial charge in [-0.15, -0.1) is 5.10 Å². The Labute approximate surface area is 125 Å². The summed E-state index contributed by atoms with van der Waals surface area (Å²) < 4.78 is 3.65. The fourth-order valence-corrected chi connectivity index (χ4v) is 2.33. The highest BCUT2D eigenvalue weighted by Crippen LogP contribution is 2.22. The third-order valence-corrected chi connectivity index (χ3v) is 3.63. The van der Waals surface area contributed by atoms with Crippen LogP contribution in [0.15, 0.2) is 28.9 Å². The average molecular weight is 422 g/mol. The van der Waals surface area contributed by atoms with E-state index in [-0.39, 0.29) is 6.42 Å². The first-order valence-electron chi connectivity index (χ1n) is 5.14. The van der Waals surface area contributed by atoms with Crippen LogP contribution in [0.5, 0.6) is 0 Å². The van der Waals surface area contributed by atoms with Crippen LogP contribution in [-0.4, -0.2) is 26.1 Å². The lowest BCUT2D eigenvalue weighted by Gasteiger charge is -2.03. The molecule has 1 aromatic carbocycles. The van der Waals surface area contributed by atoms with E-state index in [0.29, 0.717) is 12.1 Å². The van der Waals surface area contributed by atoms with Crippen molar-refractivity contribution < 1.29 is 9.90 Å². The molecule has 18 heavy (non-hydrogen) atoms. The van der Waals surface area contributed by atoms with Crippen molar-refractivity contribution in [3.8, 4) is 5.69 Å². The van der Waals surface area contributed by atoms with E-state index < -0.39 is 5.97 Å². The molecule has 0 aliphatic carbocycles. The van der Waals surface area contributed by atoms with Gasteiger partial charge in [0, 0.05) is 14.5 Å². The molecule has 0 spiro atoms. The molecule has 0 unspecified atom stereocenters. The molecule has 7 heteroatoms. The Bertz CT molecular complexity index is 585. The summed E-state index contributed by atoms with van der Waals surface area (Å²) >= 11 is 5.67. The molecule has 0 bridgehead atoms. The molecule has 5 nitrogen and oxygen atoms in total. The minimum Gasteiger partial charge on any atom is -0.481 e. The van der Waals surface area contributed by atoms with Crippen LogP contribution in [0.4, 0.5) is 0 Å². The molecule has 0 saturated carbocycles. The molecule has 2 aromatic rings. The Morgan fingerprint density at radius 2 is 2.28 bits per heavy atom. The Balaban J connectivity index is 2.23. The number of halogens is 2. The smallest absolute Gasteiger partial charge is 0.303 e. The molecule has 1 aromatic heterocycles. The third kappa shape index (κ3) is 3.29. The van der Waals surface area contributed by atoms with Crippen LogP contribution >= 0.6 is 38.5 Å². The quantitative estimate of drug-likeness (QED) is 0.770. The Morgan fingerprint density at radius 1 is 1.50 bits per heavy atom. The summed E-state index contributed by atoms with van der Waals surface area (Å²) in [4.78, 5) is 10.5. The molecular weight excluding hydrogens is 413 g/mol. The van der Waals surface area contributed by atoms with Crippen molar-refractivity contribution in [2.24, 2.45) is 0 Å². The van der Waals surface area contributed by atoms with Crippen LogP contribution in [0.2, 0.25) is 0 Å². The van der Waals surface area contributed by atoms with E-state index in [1.54, 1.807) is 10.9 Å². The zero-order valence-electron chi connectivity index (χ0n) is 9.18. The van der Waals surface area contributed by atoms with Gasteiger partial charge in [-0.1, -0.05) is 5.21 Å². The van der Waals surface area contributed by atoms with Gasteiger partial charge in [-0.05, 0) is 56.7 Å². The number of carboxylic acids is 1. The molecule has 1 heterocycles. The van der Waals surface area contributed by atoms with Crippen LogP contribution < -0.4 is 0 Å². The second kappa shape index (κ2) is 5.79. The maximum absolute atomic E-state index is 10.5. The summed E-state index contributed by atoms with van der Waals surface area (Å²) in [6.07, 6.45) is 2.20. The van der Waals surface area contributed by atoms with E-state index in [9.17, 15) is 4.79 Å². The fourth-order valence-electron chi connectivity index (χ4n) is 1.43. The van der Waals surface area contributed by atoms with Gasteiger partial charge in [0.15, 0.2) is 0 Å². The van der Waals surface area contributed by atoms with Gasteiger partial charge < -0.3 is 5.11 Å². The molecule has 0 saturated heterocycles. The van der Waals surface area contributed by atoms with Gasteiger partial charge in [0.2, 0.25) is 0 Å². The van der Waals surface area contributed by atoms with Crippen molar-refractivity contribution in [1.82, 2.24) is 15.0 Å². The SMILES string of the molecule is O=C(O)CCc1cn(-c2cc(I)ccc2Br)nn1. The highest BCUT2D eigenvalue weighted by atomic mass is 127. The van der Waals surface area contributed by atoms with Crippen LogP contribution in [0.3, 0.4) is 0 Å². The number of carbonyl (C=O) groups is 1. The molecule has 0 amide bonds. The highest BCUT2D eigenvalue weighted by Gasteiger charge is 2.08. The van der Waals surface area contributed by atoms with Gasteiger partial charge in [-0.2, -0.15) is 0 Å². The number of rotatable bonds is 4. The molecule has 0 fully saturated rings. The second-order valence-corrected chi connectivity index (χ2v) is 5.74. The fraction of sp³-hybridized carbons (Fsp3) is 0.182. The van der Waals surface area contributed by atoms with Crippen LogP contribution in [-0.2, 0) is 11.2 Å². The molecule has 94 valence electrons. The number of hydrogen-bond acceptors (Lipinski definition) is 3. The monoisotopic (exact) mass is 421 g/mol. The van der Waals surface area contributed by atoms with Gasteiger partial charge in [-0.3, -0.25) is 4.79 Å². The largest absolute Gasteiger partial charge is 0.481 e. The third-order valence-electron chi connectivity index (χ3n) is 2.29. The first-order valence-corrected chi connectivity index (χ1v) is 7.02. The topological polar surface area (TPSA) is 68.0 Å². The van der Waals surface area contributed by atoms with Crippen LogP contribution in [0.25, 0.3) is 5.69 Å². The summed E-state index contributed by atoms with van der Waals surface area (Å²) in [5.74, 6) is -0.833. The van der Waals surface area contributed by atoms with Gasteiger partial charge in [0.05, 0.1) is 24.0 Å². The first kappa shape index (κ1) is 13.5. The van der Waals surface area contributed by atoms with Crippen molar-refractivity contribution in [2.75, 3.05) is 0 Å². The van der Waals surface area contributed by atoms with Crippen molar-refractivity contribution in [1.29, 1.82) is 0 Å². The zero-order valence-corrected chi connectivity index (χ0v) is 12.9. The van der Waals surface area contributed by atoms with Gasteiger partial charge in [0.25, 0.3) is 0 Å². The minimum atomic E-state index is -0.833. The first-order chi connectivity index (χ1) is 8.56. The zero-order chi connectivity index (χ0) is 13.1. The van der Waals surface area contributed by atoms with Crippen LogP contribution in [0, 0.1) is 3.57 Å². The van der Waals surface area contributed by atoms with E-state index in [1.165, 1.54) is 0 Å². The van der Waals surface area contributed by atoms with Gasteiger partial charge in [-0.25, -0.2) is 4.68 Å². The molecule has 0 aliphatic heterocycles. The maximum atomic E-state index is 10.5. The lowest BCUT2D eigenvalue weighted by Crippen LogP contribution is -1.97. The Hall–Kier alpha value is -0.960. The van der Waals surface area contributed by atoms with Crippen LogP contribution in [0.1, 0.15) is 12.1 Å². The highest BCUT2D eigenvalue weighted by molar-refractivity contribution is 14.1. The number of aryl methyl sites for hydroxylation is 1. The lowest BCUT2D eigenvalue weighted by atomic mass is 10.2. The molecule has 0 radical (unpaired) electrons. The predicted molar refractivity (Wildman–Crippen MR) is 77.7 cm³/mol. The molecule has 1 N–H and O–H groups in total. The summed E-state index contributed by atoms with van der Waals surface area (Å²) in [7, 11) is 0. The van der Waals surface area contributed by atoms with E-state index in [2.05, 4.69) is 48.8 Å². The number of benzene rings is 1. The predicted octanol–water partition coefficient (Wildman–Crippen LogP) is 2.65. The summed E-state index contributed by atoms with van der Waals surface area (Å²) in [5.41, 5.74) is 1.55. The van der Waals surface area contributed by atoms with Gasteiger partial charge in [0.1, 0.15) is 0 Å². The molecule has 2 rings (SSSR count). The van der Waals surface area contributed by atoms with E-state index in [4.69, 9.17) is 5.11 Å². The van der Waals surface area contributed by atoms with Gasteiger partial charge >= 0.3 is 5.97 Å². The summed E-state index contributed by atoms with van der Waals surface area (Å²) in [6.45, 7) is 0. The van der Waals surface area contributed by atoms with Crippen molar-refractivity contribution in [3.63, 3.8) is 0 Å². The number of aromatic nitrogens is 3. The number of nitrogens with zero attached hydrogens (tertiary/aromatic N) is 3. The number of carboxylic acid groups (broad SMARTS) is 1. The normalized spacial score (nSPS) is 10.6. The number of hydrogen-bond donors (Lipinski definition) is 1. The molecular formula is C11H9BrIN3O2. The summed E-state index contributed by atoms with van der Waals surface area (Å²) in [5, 5.41) is 16.6. The summed E-state index contributed by atoms with van der Waals surface area (Å²) in [6, 6.07) is 5.90. The average Bonchev–Trinajstić information content (AvgIpc) is 2.78. The molecule has 0 aliphatic rings. The van der Waals surface area contributed by atoms with E-state index >= 15 is 0 Å². The van der Waals surface area contributed by atoms with E-state index in [1.807, 2.05) is 18.2 Å². The second-order valence-electron chi connectivity index (χ2n) is 3.64. The lowest BCUT2D eigenvalue weighted by molar-refractivity contribution is -0.136. The van der Waals surface area contributed by atoms with Crippen molar-refractivity contribution in [3.05, 3.63) is 38.1 Å². The standard InChI is InChI=1S/C11H9BrIN3O2/c12-9-3-1-7(13)5-10(9)16-6-8(14-15-16)2-4-11(17)18/h1,3,5-6H,2,4H2,(H,17,18). The minimum absolute atomic E-state index is 0.0617. The maximum Gasteiger partial charge on any atom is 0.303 e. The van der Waals surface area contributed by atoms with E-state index in [0.717, 1.165) is 13.7 Å². The Kier molecular flexibility index (Phi) is 4.33. The molecule has 0 atom stereocenters. The number of aliphatic carboxylic acids is 1. The van der Waals surface area contributed by atoms with Crippen molar-refractivity contribution >= 4 is 44.5 Å². The van der Waals surface area contributed by atoms with Crippen molar-refractivity contribution in [2.45, 2.75) is 12.8 Å².